The standard InChI is InChI=1S/C23H39N5O2/c1-19(2)7-4-5-11-25-23(24-3)26-18-20-8-6-9-21(17-20)27-22(29)10-12-28-13-15-30-16-14-28/h6,8-9,17,19H,4-5,7,10-16,18H2,1-3H3,(H,27,29)(H2,24,25,26). The van der Waals surface area contributed by atoms with Gasteiger partial charge >= 0.3 is 0 Å². The van der Waals surface area contributed by atoms with Gasteiger partial charge < -0.3 is 20.7 Å². The Morgan fingerprint density at radius 3 is 2.73 bits per heavy atom. The van der Waals surface area contributed by atoms with Crippen molar-refractivity contribution in [3.05, 3.63) is 29.8 Å². The molecular formula is C23H39N5O2. The molecule has 1 fully saturated rings. The SMILES string of the molecule is CN=C(NCCCCC(C)C)NCc1cccc(NC(=O)CCN2CCOCC2)c1. The van der Waals surface area contributed by atoms with Gasteiger partial charge in [-0.15, -0.1) is 0 Å². The van der Waals surface area contributed by atoms with Crippen molar-refractivity contribution in [1.82, 2.24) is 15.5 Å². The summed E-state index contributed by atoms with van der Waals surface area (Å²) in [5, 5.41) is 9.72. The highest BCUT2D eigenvalue weighted by molar-refractivity contribution is 5.90. The van der Waals surface area contributed by atoms with Gasteiger partial charge in [0.25, 0.3) is 0 Å². The lowest BCUT2D eigenvalue weighted by Crippen LogP contribution is -2.38. The number of hydrogen-bond donors (Lipinski definition) is 3. The Hall–Kier alpha value is -2.12. The van der Waals surface area contributed by atoms with E-state index in [-0.39, 0.29) is 5.91 Å². The summed E-state index contributed by atoms with van der Waals surface area (Å²) in [6, 6.07) is 7.95. The van der Waals surface area contributed by atoms with Crippen LogP contribution in [0, 0.1) is 5.92 Å². The van der Waals surface area contributed by atoms with Crippen LogP contribution in [0.3, 0.4) is 0 Å². The number of nitrogens with zero attached hydrogens (tertiary/aromatic N) is 2. The summed E-state index contributed by atoms with van der Waals surface area (Å²) in [5.74, 6) is 1.61. The fourth-order valence-corrected chi connectivity index (χ4v) is 3.36. The molecule has 1 aromatic carbocycles. The predicted molar refractivity (Wildman–Crippen MR) is 124 cm³/mol. The highest BCUT2D eigenvalue weighted by atomic mass is 16.5. The summed E-state index contributed by atoms with van der Waals surface area (Å²) >= 11 is 0. The molecule has 0 aliphatic carbocycles. The average molecular weight is 418 g/mol. The van der Waals surface area contributed by atoms with Gasteiger partial charge in [0.1, 0.15) is 0 Å². The summed E-state index contributed by atoms with van der Waals surface area (Å²) in [6.45, 7) is 10.2. The summed E-state index contributed by atoms with van der Waals surface area (Å²) in [6.07, 6.45) is 4.13. The molecular weight excluding hydrogens is 378 g/mol. The molecule has 1 aliphatic heterocycles. The number of morpholine rings is 1. The third kappa shape index (κ3) is 10.1. The number of nitrogens with one attached hydrogen (secondary N) is 3. The second-order valence-electron chi connectivity index (χ2n) is 8.19. The first-order valence-electron chi connectivity index (χ1n) is 11.2. The van der Waals surface area contributed by atoms with Crippen molar-refractivity contribution in [2.24, 2.45) is 10.9 Å². The van der Waals surface area contributed by atoms with Crippen LogP contribution in [0.5, 0.6) is 0 Å². The smallest absolute Gasteiger partial charge is 0.225 e. The molecule has 1 heterocycles. The first-order chi connectivity index (χ1) is 14.6. The Labute approximate surface area is 181 Å². The zero-order valence-electron chi connectivity index (χ0n) is 18.9. The molecule has 0 aromatic heterocycles. The third-order valence-corrected chi connectivity index (χ3v) is 5.15. The van der Waals surface area contributed by atoms with Crippen molar-refractivity contribution in [3.63, 3.8) is 0 Å². The van der Waals surface area contributed by atoms with Crippen LogP contribution in [-0.4, -0.2) is 63.2 Å². The number of unbranched alkanes of at least 4 members (excludes halogenated alkanes) is 1. The number of amides is 1. The molecule has 7 nitrogen and oxygen atoms in total. The molecule has 0 saturated carbocycles. The topological polar surface area (TPSA) is 78.0 Å². The number of hydrogen-bond acceptors (Lipinski definition) is 4. The molecule has 30 heavy (non-hydrogen) atoms. The van der Waals surface area contributed by atoms with Crippen LogP contribution in [0.25, 0.3) is 0 Å². The zero-order valence-corrected chi connectivity index (χ0v) is 18.9. The van der Waals surface area contributed by atoms with Crippen LogP contribution in [0.2, 0.25) is 0 Å². The molecule has 3 N–H and O–H groups in total. The van der Waals surface area contributed by atoms with Crippen LogP contribution in [0.15, 0.2) is 29.3 Å². The minimum Gasteiger partial charge on any atom is -0.379 e. The Bertz CT molecular complexity index is 657. The highest BCUT2D eigenvalue weighted by Gasteiger charge is 2.12. The van der Waals surface area contributed by atoms with Gasteiger partial charge in [0.2, 0.25) is 5.91 Å². The number of benzene rings is 1. The van der Waals surface area contributed by atoms with Gasteiger partial charge in [-0.2, -0.15) is 0 Å². The van der Waals surface area contributed by atoms with E-state index in [1.54, 1.807) is 7.05 Å². The first-order valence-corrected chi connectivity index (χ1v) is 11.2. The maximum Gasteiger partial charge on any atom is 0.225 e. The van der Waals surface area contributed by atoms with E-state index in [0.29, 0.717) is 13.0 Å². The van der Waals surface area contributed by atoms with Gasteiger partial charge in [-0.25, -0.2) is 0 Å². The molecule has 1 aromatic rings. The molecule has 0 bridgehead atoms. The summed E-state index contributed by atoms with van der Waals surface area (Å²) in [4.78, 5) is 18.8. The molecule has 0 atom stereocenters. The minimum atomic E-state index is 0.0467. The Balaban J connectivity index is 1.70. The first kappa shape index (κ1) is 24.2. The van der Waals surface area contributed by atoms with E-state index in [1.807, 2.05) is 24.3 Å². The van der Waals surface area contributed by atoms with E-state index in [0.717, 1.165) is 68.9 Å². The number of anilines is 1. The van der Waals surface area contributed by atoms with Gasteiger partial charge in [-0.05, 0) is 30.0 Å². The number of rotatable bonds is 11. The average Bonchev–Trinajstić information content (AvgIpc) is 2.75. The highest BCUT2D eigenvalue weighted by Crippen LogP contribution is 2.11. The molecule has 2 rings (SSSR count). The summed E-state index contributed by atoms with van der Waals surface area (Å²) in [7, 11) is 1.79. The number of carbonyl (C=O) groups excluding carboxylic acids is 1. The van der Waals surface area contributed by atoms with Crippen LogP contribution >= 0.6 is 0 Å². The summed E-state index contributed by atoms with van der Waals surface area (Å²) < 4.78 is 5.34. The normalized spacial score (nSPS) is 15.3. The predicted octanol–water partition coefficient (Wildman–Crippen LogP) is 2.84. The Morgan fingerprint density at radius 1 is 1.20 bits per heavy atom. The Kier molecular flexibility index (Phi) is 11.3. The molecule has 0 spiro atoms. The van der Waals surface area contributed by atoms with E-state index in [1.165, 1.54) is 12.8 Å². The van der Waals surface area contributed by atoms with Crippen LogP contribution in [-0.2, 0) is 16.1 Å². The van der Waals surface area contributed by atoms with Crippen molar-refractivity contribution in [2.75, 3.05) is 51.8 Å². The van der Waals surface area contributed by atoms with Gasteiger partial charge in [0.15, 0.2) is 5.96 Å². The fourth-order valence-electron chi connectivity index (χ4n) is 3.36. The second-order valence-corrected chi connectivity index (χ2v) is 8.19. The molecule has 1 saturated heterocycles. The van der Waals surface area contributed by atoms with Crippen LogP contribution < -0.4 is 16.0 Å². The van der Waals surface area contributed by atoms with E-state index >= 15 is 0 Å². The number of guanidine groups is 1. The van der Waals surface area contributed by atoms with Crippen molar-refractivity contribution >= 4 is 17.6 Å². The lowest BCUT2D eigenvalue weighted by molar-refractivity contribution is -0.116. The molecule has 7 heteroatoms. The molecule has 0 radical (unpaired) electrons. The lowest BCUT2D eigenvalue weighted by Gasteiger charge is -2.26. The number of aliphatic imine (C=N–C) groups is 1. The largest absolute Gasteiger partial charge is 0.379 e. The van der Waals surface area contributed by atoms with Crippen molar-refractivity contribution in [2.45, 2.75) is 46.1 Å². The van der Waals surface area contributed by atoms with Gasteiger partial charge in [0.05, 0.1) is 13.2 Å². The maximum atomic E-state index is 12.3. The van der Waals surface area contributed by atoms with E-state index in [2.05, 4.69) is 39.7 Å². The fraction of sp³-hybridized carbons (Fsp3) is 0.652. The monoisotopic (exact) mass is 417 g/mol. The van der Waals surface area contributed by atoms with Crippen LogP contribution in [0.4, 0.5) is 5.69 Å². The maximum absolute atomic E-state index is 12.3. The van der Waals surface area contributed by atoms with Crippen molar-refractivity contribution in [3.8, 4) is 0 Å². The van der Waals surface area contributed by atoms with E-state index in [9.17, 15) is 4.79 Å². The van der Waals surface area contributed by atoms with E-state index in [4.69, 9.17) is 4.74 Å². The quantitative estimate of drug-likeness (QED) is 0.293. The van der Waals surface area contributed by atoms with Gasteiger partial charge in [0, 0.05) is 51.9 Å². The van der Waals surface area contributed by atoms with E-state index < -0.39 is 0 Å². The third-order valence-electron chi connectivity index (χ3n) is 5.15. The molecule has 0 unspecified atom stereocenters. The van der Waals surface area contributed by atoms with Gasteiger partial charge in [-0.3, -0.25) is 14.7 Å². The molecule has 168 valence electrons. The van der Waals surface area contributed by atoms with Crippen LogP contribution in [0.1, 0.15) is 45.1 Å². The minimum absolute atomic E-state index is 0.0467. The molecule has 1 amide bonds. The van der Waals surface area contributed by atoms with Gasteiger partial charge in [-0.1, -0.05) is 38.8 Å². The van der Waals surface area contributed by atoms with Crippen molar-refractivity contribution < 1.29 is 9.53 Å². The Morgan fingerprint density at radius 2 is 2.00 bits per heavy atom. The van der Waals surface area contributed by atoms with Crippen molar-refractivity contribution in [1.29, 1.82) is 0 Å². The number of ether oxygens (including phenoxy) is 1. The second kappa shape index (κ2) is 14.0. The number of carbonyl (C=O) groups is 1. The lowest BCUT2D eigenvalue weighted by atomic mass is 10.1. The molecule has 1 aliphatic rings. The zero-order chi connectivity index (χ0) is 21.6. The summed E-state index contributed by atoms with van der Waals surface area (Å²) in [5.41, 5.74) is 1.93.